The van der Waals surface area contributed by atoms with Crippen LogP contribution in [-0.2, 0) is 9.53 Å². The van der Waals surface area contributed by atoms with E-state index in [-0.39, 0.29) is 43.1 Å². The van der Waals surface area contributed by atoms with Crippen LogP contribution in [0.25, 0.3) is 0 Å². The largest absolute Gasteiger partial charge is 0.462 e. The summed E-state index contributed by atoms with van der Waals surface area (Å²) < 4.78 is 5.39. The molecule has 0 spiro atoms. The van der Waals surface area contributed by atoms with Crippen LogP contribution in [-0.4, -0.2) is 35.8 Å². The fraction of sp³-hybridized carbons (Fsp3) is 0.529. The Labute approximate surface area is 149 Å². The molecule has 1 saturated heterocycles. The summed E-state index contributed by atoms with van der Waals surface area (Å²) in [7, 11) is 0. The van der Waals surface area contributed by atoms with Crippen molar-refractivity contribution in [1.82, 2.24) is 10.4 Å². The van der Waals surface area contributed by atoms with E-state index in [1.54, 1.807) is 9.91 Å². The van der Waals surface area contributed by atoms with Gasteiger partial charge < -0.3 is 4.74 Å². The number of benzene rings is 1. The average molecular weight is 356 g/mol. The normalized spacial score (nSPS) is 17.6. The lowest BCUT2D eigenvalue weighted by Gasteiger charge is -2.24. The number of amides is 2. The fourth-order valence-corrected chi connectivity index (χ4v) is 2.66. The SMILES string of the molecule is CCC(CC)OC(=O)CCN1NC(=O)N(c2ccccc2)C1C.Cl. The summed E-state index contributed by atoms with van der Waals surface area (Å²) in [5, 5.41) is 1.77. The third-order valence-corrected chi connectivity index (χ3v) is 4.08. The van der Waals surface area contributed by atoms with E-state index in [9.17, 15) is 9.59 Å². The quantitative estimate of drug-likeness (QED) is 0.762. The molecule has 1 aromatic carbocycles. The van der Waals surface area contributed by atoms with Crippen LogP contribution in [0.4, 0.5) is 10.5 Å². The molecule has 1 N–H and O–H groups in total. The molecule has 0 radical (unpaired) electrons. The van der Waals surface area contributed by atoms with Gasteiger partial charge in [-0.2, -0.15) is 5.01 Å². The number of urea groups is 1. The average Bonchev–Trinajstić information content (AvgIpc) is 2.85. The monoisotopic (exact) mass is 355 g/mol. The first kappa shape index (κ1) is 20.3. The van der Waals surface area contributed by atoms with Gasteiger partial charge in [-0.1, -0.05) is 32.0 Å². The molecule has 6 nitrogen and oxygen atoms in total. The first-order valence-corrected chi connectivity index (χ1v) is 8.17. The van der Waals surface area contributed by atoms with Crippen molar-refractivity contribution in [3.8, 4) is 0 Å². The van der Waals surface area contributed by atoms with Crippen LogP contribution in [0.5, 0.6) is 0 Å². The topological polar surface area (TPSA) is 61.9 Å². The maximum Gasteiger partial charge on any atom is 0.337 e. The van der Waals surface area contributed by atoms with E-state index in [4.69, 9.17) is 4.74 Å². The van der Waals surface area contributed by atoms with Crippen molar-refractivity contribution in [2.75, 3.05) is 11.4 Å². The van der Waals surface area contributed by atoms with Gasteiger partial charge in [0.2, 0.25) is 0 Å². The van der Waals surface area contributed by atoms with Crippen molar-refractivity contribution in [3.05, 3.63) is 30.3 Å². The third kappa shape index (κ3) is 4.85. The molecule has 1 aromatic rings. The summed E-state index contributed by atoms with van der Waals surface area (Å²) in [6.45, 7) is 6.36. The number of halogens is 1. The van der Waals surface area contributed by atoms with Gasteiger partial charge in [0.25, 0.3) is 0 Å². The molecule has 0 bridgehead atoms. The van der Waals surface area contributed by atoms with E-state index < -0.39 is 0 Å². The maximum atomic E-state index is 12.2. The van der Waals surface area contributed by atoms with Gasteiger partial charge in [-0.3, -0.25) is 15.1 Å². The molecule has 134 valence electrons. The van der Waals surface area contributed by atoms with Gasteiger partial charge >= 0.3 is 12.0 Å². The summed E-state index contributed by atoms with van der Waals surface area (Å²) in [4.78, 5) is 25.7. The minimum Gasteiger partial charge on any atom is -0.462 e. The van der Waals surface area contributed by atoms with Gasteiger partial charge in [0, 0.05) is 12.2 Å². The Bertz CT molecular complexity index is 537. The van der Waals surface area contributed by atoms with Gasteiger partial charge in [0.15, 0.2) is 0 Å². The molecular formula is C17H26ClN3O3. The van der Waals surface area contributed by atoms with E-state index >= 15 is 0 Å². The van der Waals surface area contributed by atoms with Crippen LogP contribution in [0.3, 0.4) is 0 Å². The highest BCUT2D eigenvalue weighted by Gasteiger charge is 2.35. The second-order valence-electron chi connectivity index (χ2n) is 5.63. The number of nitrogens with one attached hydrogen (secondary N) is 1. The highest BCUT2D eigenvalue weighted by atomic mass is 35.5. The van der Waals surface area contributed by atoms with E-state index in [1.807, 2.05) is 51.1 Å². The zero-order valence-corrected chi connectivity index (χ0v) is 15.2. The third-order valence-electron chi connectivity index (χ3n) is 4.08. The lowest BCUT2D eigenvalue weighted by atomic mass is 10.2. The second-order valence-corrected chi connectivity index (χ2v) is 5.63. The zero-order valence-electron chi connectivity index (χ0n) is 14.4. The predicted molar refractivity (Wildman–Crippen MR) is 95.9 cm³/mol. The standard InChI is InChI=1S/C17H25N3O3.ClH/c1-4-15(5-2)23-16(21)11-12-19-13(3)20(17(22)18-19)14-9-7-6-8-10-14;/h6-10,13,15H,4-5,11-12H2,1-3H3,(H,18,22);1H. The Morgan fingerprint density at radius 2 is 1.88 bits per heavy atom. The summed E-state index contributed by atoms with van der Waals surface area (Å²) >= 11 is 0. The summed E-state index contributed by atoms with van der Waals surface area (Å²) in [6.07, 6.45) is 1.71. The van der Waals surface area contributed by atoms with Crippen molar-refractivity contribution in [3.63, 3.8) is 0 Å². The van der Waals surface area contributed by atoms with Crippen LogP contribution >= 0.6 is 12.4 Å². The van der Waals surface area contributed by atoms with Crippen molar-refractivity contribution in [2.45, 2.75) is 52.3 Å². The molecule has 0 aromatic heterocycles. The Balaban J connectivity index is 0.00000288. The summed E-state index contributed by atoms with van der Waals surface area (Å²) in [6, 6.07) is 9.29. The Morgan fingerprint density at radius 1 is 1.25 bits per heavy atom. The van der Waals surface area contributed by atoms with Crippen molar-refractivity contribution in [2.24, 2.45) is 0 Å². The number of rotatable bonds is 7. The Kier molecular flexibility index (Phi) is 8.01. The molecule has 7 heteroatoms. The van der Waals surface area contributed by atoms with Crippen molar-refractivity contribution < 1.29 is 14.3 Å². The zero-order chi connectivity index (χ0) is 16.8. The lowest BCUT2D eigenvalue weighted by molar-refractivity contribution is -0.149. The molecule has 2 amide bonds. The number of para-hydroxylation sites is 1. The van der Waals surface area contributed by atoms with Gasteiger partial charge in [0.05, 0.1) is 6.42 Å². The molecule has 1 aliphatic rings. The van der Waals surface area contributed by atoms with Crippen LogP contribution in [0.2, 0.25) is 0 Å². The van der Waals surface area contributed by atoms with Crippen LogP contribution in [0.1, 0.15) is 40.0 Å². The highest BCUT2D eigenvalue weighted by molar-refractivity contribution is 5.94. The number of hydrogen-bond acceptors (Lipinski definition) is 4. The fourth-order valence-electron chi connectivity index (χ4n) is 2.66. The summed E-state index contributed by atoms with van der Waals surface area (Å²) in [5.74, 6) is -0.224. The van der Waals surface area contributed by atoms with E-state index in [0.717, 1.165) is 18.5 Å². The molecule has 0 aliphatic carbocycles. The van der Waals surface area contributed by atoms with E-state index in [1.165, 1.54) is 0 Å². The number of carbonyl (C=O) groups is 2. The maximum absolute atomic E-state index is 12.2. The van der Waals surface area contributed by atoms with Gasteiger partial charge in [-0.25, -0.2) is 4.79 Å². The van der Waals surface area contributed by atoms with Gasteiger partial charge in [-0.05, 0) is 31.9 Å². The first-order valence-electron chi connectivity index (χ1n) is 8.17. The van der Waals surface area contributed by atoms with Crippen molar-refractivity contribution in [1.29, 1.82) is 0 Å². The lowest BCUT2D eigenvalue weighted by Crippen LogP contribution is -2.40. The minimum absolute atomic E-state index is 0. The minimum atomic E-state index is -0.224. The van der Waals surface area contributed by atoms with Crippen LogP contribution < -0.4 is 10.3 Å². The number of carbonyl (C=O) groups excluding carboxylic acids is 2. The number of hydrogen-bond donors (Lipinski definition) is 1. The molecular weight excluding hydrogens is 330 g/mol. The molecule has 1 atom stereocenters. The number of hydrazine groups is 1. The molecule has 1 fully saturated rings. The highest BCUT2D eigenvalue weighted by Crippen LogP contribution is 2.22. The summed E-state index contributed by atoms with van der Waals surface area (Å²) in [5.41, 5.74) is 3.63. The second kappa shape index (κ2) is 9.49. The number of esters is 1. The predicted octanol–water partition coefficient (Wildman–Crippen LogP) is 3.32. The van der Waals surface area contributed by atoms with Crippen molar-refractivity contribution >= 4 is 30.1 Å². The Morgan fingerprint density at radius 3 is 2.46 bits per heavy atom. The molecule has 1 aliphatic heterocycles. The molecule has 2 rings (SSSR count). The van der Waals surface area contributed by atoms with Crippen LogP contribution in [0, 0.1) is 0 Å². The molecule has 1 unspecified atom stereocenters. The van der Waals surface area contributed by atoms with Crippen LogP contribution in [0.15, 0.2) is 30.3 Å². The first-order chi connectivity index (χ1) is 11.1. The Hall–Kier alpha value is -1.79. The molecule has 1 heterocycles. The number of ether oxygens (including phenoxy) is 1. The molecule has 0 saturated carbocycles. The smallest absolute Gasteiger partial charge is 0.337 e. The van der Waals surface area contributed by atoms with E-state index in [0.29, 0.717) is 6.54 Å². The van der Waals surface area contributed by atoms with Gasteiger partial charge in [-0.15, -0.1) is 12.4 Å². The van der Waals surface area contributed by atoms with Gasteiger partial charge in [0.1, 0.15) is 12.3 Å². The number of nitrogens with zero attached hydrogens (tertiary/aromatic N) is 2. The van der Waals surface area contributed by atoms with E-state index in [2.05, 4.69) is 5.43 Å². The molecule has 24 heavy (non-hydrogen) atoms. The number of anilines is 1.